The molecule has 0 heterocycles. The Kier molecular flexibility index (Phi) is 3.87. The first-order valence-corrected chi connectivity index (χ1v) is 6.41. The van der Waals surface area contributed by atoms with Crippen molar-refractivity contribution in [3.05, 3.63) is 29.8 Å². The molecule has 0 bridgehead atoms. The molecule has 3 N–H and O–H groups in total. The van der Waals surface area contributed by atoms with E-state index in [1.165, 1.54) is 0 Å². The zero-order valence-electron chi connectivity index (χ0n) is 10.7. The minimum absolute atomic E-state index is 0.0845. The van der Waals surface area contributed by atoms with E-state index in [1.807, 2.05) is 25.1 Å². The highest BCUT2D eigenvalue weighted by molar-refractivity contribution is 5.96. The Morgan fingerprint density at radius 2 is 2.17 bits per heavy atom. The Morgan fingerprint density at radius 1 is 1.44 bits per heavy atom. The van der Waals surface area contributed by atoms with Gasteiger partial charge < -0.3 is 15.8 Å². The van der Waals surface area contributed by atoms with Crippen LogP contribution in [0.25, 0.3) is 0 Å². The molecule has 0 atom stereocenters. The van der Waals surface area contributed by atoms with Crippen molar-refractivity contribution < 1.29 is 9.53 Å². The topological polar surface area (TPSA) is 64.3 Å². The second-order valence-corrected chi connectivity index (χ2v) is 4.82. The van der Waals surface area contributed by atoms with Crippen molar-refractivity contribution in [2.45, 2.75) is 19.8 Å². The Hall–Kier alpha value is -1.55. The maximum Gasteiger partial charge on any atom is 0.255 e. The molecule has 4 nitrogen and oxygen atoms in total. The van der Waals surface area contributed by atoms with Crippen LogP contribution in [0.4, 0.5) is 0 Å². The van der Waals surface area contributed by atoms with Gasteiger partial charge in [-0.05, 0) is 38.4 Å². The Bertz CT molecular complexity index is 428. The lowest BCUT2D eigenvalue weighted by atomic mass is 10.1. The molecular formula is C14H20N2O2. The molecule has 0 aliphatic heterocycles. The normalized spacial score (nSPS) is 16.1. The van der Waals surface area contributed by atoms with Crippen molar-refractivity contribution in [3.63, 3.8) is 0 Å². The second kappa shape index (κ2) is 5.40. The molecule has 1 fully saturated rings. The summed E-state index contributed by atoms with van der Waals surface area (Å²) in [5, 5.41) is 2.95. The lowest BCUT2D eigenvalue weighted by Crippen LogP contribution is -2.34. The number of carbonyl (C=O) groups is 1. The Labute approximate surface area is 108 Å². The van der Waals surface area contributed by atoms with Gasteiger partial charge in [-0.15, -0.1) is 0 Å². The van der Waals surface area contributed by atoms with Crippen LogP contribution >= 0.6 is 0 Å². The van der Waals surface area contributed by atoms with Gasteiger partial charge in [0.25, 0.3) is 5.91 Å². The molecule has 1 aromatic rings. The predicted octanol–water partition coefficient (Wildman–Crippen LogP) is 1.55. The molecule has 1 aromatic carbocycles. The van der Waals surface area contributed by atoms with Crippen LogP contribution in [0.2, 0.25) is 0 Å². The van der Waals surface area contributed by atoms with Gasteiger partial charge in [0.1, 0.15) is 5.75 Å². The van der Waals surface area contributed by atoms with Crippen molar-refractivity contribution in [1.29, 1.82) is 0 Å². The number of amides is 1. The smallest absolute Gasteiger partial charge is 0.255 e. The molecule has 0 radical (unpaired) electrons. The third kappa shape index (κ3) is 2.82. The monoisotopic (exact) mass is 248 g/mol. The molecule has 0 saturated heterocycles. The molecule has 1 amide bonds. The maximum atomic E-state index is 12.1. The number of ether oxygens (including phenoxy) is 1. The van der Waals surface area contributed by atoms with E-state index < -0.39 is 0 Å². The molecule has 1 aliphatic rings. The van der Waals surface area contributed by atoms with Crippen LogP contribution in [0, 0.1) is 5.41 Å². The van der Waals surface area contributed by atoms with Crippen LogP contribution in [-0.4, -0.2) is 25.6 Å². The van der Waals surface area contributed by atoms with Crippen LogP contribution in [0.1, 0.15) is 30.1 Å². The third-order valence-corrected chi connectivity index (χ3v) is 3.45. The molecule has 1 saturated carbocycles. The molecule has 0 spiro atoms. The molecule has 2 rings (SSSR count). The summed E-state index contributed by atoms with van der Waals surface area (Å²) < 4.78 is 5.45. The van der Waals surface area contributed by atoms with Crippen LogP contribution in [0.5, 0.6) is 5.75 Å². The third-order valence-electron chi connectivity index (χ3n) is 3.45. The summed E-state index contributed by atoms with van der Waals surface area (Å²) in [5.74, 6) is 0.550. The van der Waals surface area contributed by atoms with Crippen molar-refractivity contribution in [2.24, 2.45) is 11.1 Å². The highest BCUT2D eigenvalue weighted by Crippen LogP contribution is 2.43. The zero-order valence-corrected chi connectivity index (χ0v) is 10.7. The minimum Gasteiger partial charge on any atom is -0.493 e. The number of hydrogen-bond acceptors (Lipinski definition) is 3. The fraction of sp³-hybridized carbons (Fsp3) is 0.500. The number of nitrogens with one attached hydrogen (secondary N) is 1. The number of nitrogens with two attached hydrogens (primary N) is 1. The van der Waals surface area contributed by atoms with Crippen molar-refractivity contribution >= 4 is 5.91 Å². The van der Waals surface area contributed by atoms with E-state index in [4.69, 9.17) is 10.5 Å². The minimum atomic E-state index is -0.0845. The summed E-state index contributed by atoms with van der Waals surface area (Å²) in [6.07, 6.45) is 2.22. The van der Waals surface area contributed by atoms with E-state index in [0.717, 1.165) is 12.8 Å². The largest absolute Gasteiger partial charge is 0.493 e. The number of hydrogen-bond donors (Lipinski definition) is 2. The van der Waals surface area contributed by atoms with Crippen LogP contribution < -0.4 is 15.8 Å². The van der Waals surface area contributed by atoms with Gasteiger partial charge in [0.05, 0.1) is 12.2 Å². The number of rotatable bonds is 6. The van der Waals surface area contributed by atoms with E-state index >= 15 is 0 Å². The first-order chi connectivity index (χ1) is 8.71. The molecule has 98 valence electrons. The molecule has 1 aliphatic carbocycles. The zero-order chi connectivity index (χ0) is 13.0. The van der Waals surface area contributed by atoms with Crippen LogP contribution in [0.3, 0.4) is 0 Å². The van der Waals surface area contributed by atoms with Gasteiger partial charge in [-0.3, -0.25) is 4.79 Å². The lowest BCUT2D eigenvalue weighted by molar-refractivity contribution is 0.0941. The SMILES string of the molecule is CCOc1ccccc1C(=O)NCC1(CN)CC1. The number of para-hydroxylation sites is 1. The summed E-state index contributed by atoms with van der Waals surface area (Å²) >= 11 is 0. The fourth-order valence-electron chi connectivity index (χ4n) is 1.93. The van der Waals surface area contributed by atoms with Gasteiger partial charge in [0, 0.05) is 12.0 Å². The summed E-state index contributed by atoms with van der Waals surface area (Å²) in [7, 11) is 0. The predicted molar refractivity (Wildman–Crippen MR) is 70.7 cm³/mol. The highest BCUT2D eigenvalue weighted by atomic mass is 16.5. The van der Waals surface area contributed by atoms with Crippen molar-refractivity contribution in [2.75, 3.05) is 19.7 Å². The van der Waals surface area contributed by atoms with Crippen molar-refractivity contribution in [1.82, 2.24) is 5.32 Å². The van der Waals surface area contributed by atoms with E-state index in [0.29, 0.717) is 31.0 Å². The van der Waals surface area contributed by atoms with Crippen molar-refractivity contribution in [3.8, 4) is 5.75 Å². The van der Waals surface area contributed by atoms with Gasteiger partial charge in [0.2, 0.25) is 0 Å². The molecular weight excluding hydrogens is 228 g/mol. The van der Waals surface area contributed by atoms with Gasteiger partial charge in [-0.2, -0.15) is 0 Å². The first-order valence-electron chi connectivity index (χ1n) is 6.41. The van der Waals surface area contributed by atoms with Gasteiger partial charge in [-0.25, -0.2) is 0 Å². The summed E-state index contributed by atoms with van der Waals surface area (Å²) in [6.45, 7) is 3.75. The second-order valence-electron chi connectivity index (χ2n) is 4.82. The Morgan fingerprint density at radius 3 is 2.78 bits per heavy atom. The van der Waals surface area contributed by atoms with Crippen LogP contribution in [0.15, 0.2) is 24.3 Å². The Balaban J connectivity index is 2.00. The molecule has 0 aromatic heterocycles. The fourth-order valence-corrected chi connectivity index (χ4v) is 1.93. The standard InChI is InChI=1S/C14H20N2O2/c1-2-18-12-6-4-3-5-11(12)13(17)16-10-14(9-15)7-8-14/h3-6H,2,7-10,15H2,1H3,(H,16,17). The van der Waals surface area contributed by atoms with E-state index in [2.05, 4.69) is 5.32 Å². The summed E-state index contributed by atoms with van der Waals surface area (Å²) in [4.78, 5) is 12.1. The molecule has 18 heavy (non-hydrogen) atoms. The van der Waals surface area contributed by atoms with E-state index in [-0.39, 0.29) is 11.3 Å². The van der Waals surface area contributed by atoms with Gasteiger partial charge >= 0.3 is 0 Å². The van der Waals surface area contributed by atoms with Gasteiger partial charge in [0.15, 0.2) is 0 Å². The quantitative estimate of drug-likeness (QED) is 0.803. The number of carbonyl (C=O) groups excluding carboxylic acids is 1. The van der Waals surface area contributed by atoms with Crippen LogP contribution in [-0.2, 0) is 0 Å². The molecule has 0 unspecified atom stereocenters. The van der Waals surface area contributed by atoms with E-state index in [1.54, 1.807) is 6.07 Å². The molecule has 4 heteroatoms. The average molecular weight is 248 g/mol. The summed E-state index contributed by atoms with van der Waals surface area (Å²) in [5.41, 5.74) is 6.43. The first kappa shape index (κ1) is 12.9. The van der Waals surface area contributed by atoms with E-state index in [9.17, 15) is 4.79 Å². The average Bonchev–Trinajstić information content (AvgIpc) is 3.18. The van der Waals surface area contributed by atoms with Gasteiger partial charge in [-0.1, -0.05) is 12.1 Å². The lowest BCUT2D eigenvalue weighted by Gasteiger charge is -2.14. The maximum absolute atomic E-state index is 12.1. The highest BCUT2D eigenvalue weighted by Gasteiger charge is 2.41. The number of benzene rings is 1. The summed E-state index contributed by atoms with van der Waals surface area (Å²) in [6, 6.07) is 7.30.